The van der Waals surface area contributed by atoms with Crippen molar-refractivity contribution in [2.45, 2.75) is 11.8 Å². The van der Waals surface area contributed by atoms with Gasteiger partial charge in [-0.2, -0.15) is 0 Å². The number of halogens is 1. The lowest BCUT2D eigenvalue weighted by atomic mass is 10.2. The maximum atomic E-state index is 12.4. The van der Waals surface area contributed by atoms with Crippen molar-refractivity contribution in [1.29, 1.82) is 0 Å². The van der Waals surface area contributed by atoms with E-state index in [4.69, 9.17) is 5.11 Å². The molecule has 0 atom stereocenters. The van der Waals surface area contributed by atoms with E-state index in [1.54, 1.807) is 19.1 Å². The monoisotopic (exact) mass is 370 g/mol. The second-order valence-electron chi connectivity index (χ2n) is 4.22. The molecule has 0 saturated carbocycles. The van der Waals surface area contributed by atoms with Gasteiger partial charge in [-0.05, 0) is 36.8 Å². The summed E-state index contributed by atoms with van der Waals surface area (Å²) in [4.78, 5) is 14.9. The third-order valence-electron chi connectivity index (χ3n) is 2.71. The fourth-order valence-corrected chi connectivity index (χ4v) is 3.52. The Hall–Kier alpha value is -1.93. The largest absolute Gasteiger partial charge is 0.478 e. The van der Waals surface area contributed by atoms with Gasteiger partial charge in [0.2, 0.25) is 0 Å². The minimum Gasteiger partial charge on any atom is -0.478 e. The highest BCUT2D eigenvalue weighted by Crippen LogP contribution is 2.23. The number of aromatic carboxylic acids is 1. The smallest absolute Gasteiger partial charge is 0.339 e. The van der Waals surface area contributed by atoms with Gasteiger partial charge in [-0.1, -0.05) is 22.0 Å². The van der Waals surface area contributed by atoms with E-state index in [9.17, 15) is 13.2 Å². The van der Waals surface area contributed by atoms with E-state index in [1.807, 2.05) is 0 Å². The molecule has 0 saturated heterocycles. The first-order valence-corrected chi connectivity index (χ1v) is 8.06. The number of aryl methyl sites for hydroxylation is 1. The molecule has 0 fully saturated rings. The van der Waals surface area contributed by atoms with Crippen LogP contribution in [0.25, 0.3) is 0 Å². The number of hydrogen-bond acceptors (Lipinski definition) is 4. The lowest BCUT2D eigenvalue weighted by Crippen LogP contribution is -2.17. The maximum Gasteiger partial charge on any atom is 0.339 e. The van der Waals surface area contributed by atoms with Crippen LogP contribution in [-0.2, 0) is 10.0 Å². The average Bonchev–Trinajstić information content (AvgIpc) is 2.41. The van der Waals surface area contributed by atoms with E-state index in [1.165, 1.54) is 24.4 Å². The van der Waals surface area contributed by atoms with E-state index < -0.39 is 16.0 Å². The summed E-state index contributed by atoms with van der Waals surface area (Å²) >= 11 is 3.21. The highest BCUT2D eigenvalue weighted by Gasteiger charge is 2.21. The molecule has 2 rings (SSSR count). The van der Waals surface area contributed by atoms with E-state index in [0.29, 0.717) is 10.0 Å². The van der Waals surface area contributed by atoms with Crippen LogP contribution in [0.3, 0.4) is 0 Å². The van der Waals surface area contributed by atoms with Crippen LogP contribution in [0.15, 0.2) is 45.9 Å². The normalized spacial score (nSPS) is 11.1. The van der Waals surface area contributed by atoms with E-state index in [2.05, 4.69) is 25.6 Å². The summed E-state index contributed by atoms with van der Waals surface area (Å²) < 4.78 is 27.6. The molecule has 110 valence electrons. The lowest BCUT2D eigenvalue weighted by molar-refractivity contribution is 0.0697. The molecule has 2 aromatic rings. The molecule has 0 aliphatic heterocycles. The molecule has 21 heavy (non-hydrogen) atoms. The first-order chi connectivity index (χ1) is 9.81. The molecule has 2 N–H and O–H groups in total. The Balaban J connectivity index is 2.48. The van der Waals surface area contributed by atoms with Crippen LogP contribution in [-0.4, -0.2) is 24.5 Å². The van der Waals surface area contributed by atoms with Crippen molar-refractivity contribution in [2.75, 3.05) is 4.72 Å². The number of sulfonamides is 1. The quantitative estimate of drug-likeness (QED) is 0.862. The summed E-state index contributed by atoms with van der Waals surface area (Å²) in [5.41, 5.74) is 0.326. The fourth-order valence-electron chi connectivity index (χ4n) is 1.70. The van der Waals surface area contributed by atoms with Gasteiger partial charge in [0.05, 0.1) is 4.90 Å². The van der Waals surface area contributed by atoms with Crippen molar-refractivity contribution in [2.24, 2.45) is 0 Å². The third kappa shape index (κ3) is 3.40. The molecule has 0 radical (unpaired) electrons. The Labute approximate surface area is 130 Å². The van der Waals surface area contributed by atoms with Crippen LogP contribution in [0.5, 0.6) is 0 Å². The Morgan fingerprint density at radius 2 is 2.05 bits per heavy atom. The van der Waals surface area contributed by atoms with Gasteiger partial charge in [0.1, 0.15) is 5.56 Å². The number of pyridine rings is 1. The minimum atomic E-state index is -3.93. The van der Waals surface area contributed by atoms with Crippen molar-refractivity contribution >= 4 is 37.7 Å². The van der Waals surface area contributed by atoms with E-state index >= 15 is 0 Å². The molecule has 1 aromatic carbocycles. The molecule has 0 spiro atoms. The molecule has 0 unspecified atom stereocenters. The van der Waals surface area contributed by atoms with Crippen LogP contribution in [0, 0.1) is 6.92 Å². The van der Waals surface area contributed by atoms with Crippen molar-refractivity contribution in [3.63, 3.8) is 0 Å². The summed E-state index contributed by atoms with van der Waals surface area (Å²) in [6.45, 7) is 1.65. The number of hydrogen-bond donors (Lipinski definition) is 2. The number of nitrogens with one attached hydrogen (secondary N) is 1. The van der Waals surface area contributed by atoms with Gasteiger partial charge in [-0.15, -0.1) is 0 Å². The standard InChI is InChI=1S/C13H11BrN2O4S/c1-8-4-5-9(14)7-11(8)21(19,20)16-12-10(13(17)18)3-2-6-15-12/h2-7H,1H3,(H,15,16)(H,17,18). The van der Waals surface area contributed by atoms with Crippen LogP contribution in [0.4, 0.5) is 5.82 Å². The SMILES string of the molecule is Cc1ccc(Br)cc1S(=O)(=O)Nc1ncccc1C(=O)O. The van der Waals surface area contributed by atoms with Crippen molar-refractivity contribution in [3.8, 4) is 0 Å². The highest BCUT2D eigenvalue weighted by atomic mass is 79.9. The molecule has 8 heteroatoms. The Bertz CT molecular complexity index is 806. The summed E-state index contributed by atoms with van der Waals surface area (Å²) in [6, 6.07) is 7.51. The van der Waals surface area contributed by atoms with Crippen molar-refractivity contribution in [1.82, 2.24) is 4.98 Å². The van der Waals surface area contributed by atoms with Gasteiger partial charge >= 0.3 is 5.97 Å². The predicted octanol–water partition coefficient (Wildman–Crippen LogP) is 2.65. The number of anilines is 1. The first-order valence-electron chi connectivity index (χ1n) is 5.78. The second kappa shape index (κ2) is 5.82. The predicted molar refractivity (Wildman–Crippen MR) is 80.9 cm³/mol. The van der Waals surface area contributed by atoms with Crippen LogP contribution < -0.4 is 4.72 Å². The van der Waals surface area contributed by atoms with Gasteiger partial charge in [0.15, 0.2) is 5.82 Å². The van der Waals surface area contributed by atoms with E-state index in [0.717, 1.165) is 0 Å². The molecule has 0 aliphatic carbocycles. The molecule has 1 heterocycles. The van der Waals surface area contributed by atoms with Crippen molar-refractivity contribution < 1.29 is 18.3 Å². The maximum absolute atomic E-state index is 12.4. The van der Waals surface area contributed by atoms with Gasteiger partial charge < -0.3 is 5.11 Å². The molecular weight excluding hydrogens is 360 g/mol. The number of rotatable bonds is 4. The lowest BCUT2D eigenvalue weighted by Gasteiger charge is -2.11. The topological polar surface area (TPSA) is 96.4 Å². The summed E-state index contributed by atoms with van der Waals surface area (Å²) in [7, 11) is -3.93. The molecular formula is C13H11BrN2O4S. The minimum absolute atomic E-state index is 0.0545. The number of carboxylic acids is 1. The van der Waals surface area contributed by atoms with E-state index in [-0.39, 0.29) is 16.3 Å². The van der Waals surface area contributed by atoms with Crippen LogP contribution in [0.2, 0.25) is 0 Å². The van der Waals surface area contributed by atoms with Crippen LogP contribution in [0.1, 0.15) is 15.9 Å². The van der Waals surface area contributed by atoms with Crippen LogP contribution >= 0.6 is 15.9 Å². The van der Waals surface area contributed by atoms with Gasteiger partial charge in [-0.25, -0.2) is 18.2 Å². The zero-order chi connectivity index (χ0) is 15.6. The molecule has 0 bridgehead atoms. The third-order valence-corrected chi connectivity index (χ3v) is 4.68. The second-order valence-corrected chi connectivity index (χ2v) is 6.79. The molecule has 1 aromatic heterocycles. The number of aromatic nitrogens is 1. The Morgan fingerprint density at radius 3 is 2.71 bits per heavy atom. The number of carbonyl (C=O) groups is 1. The number of nitrogens with zero attached hydrogens (tertiary/aromatic N) is 1. The summed E-state index contributed by atoms with van der Waals surface area (Å²) in [6.07, 6.45) is 1.32. The van der Waals surface area contributed by atoms with Gasteiger partial charge in [-0.3, -0.25) is 4.72 Å². The first kappa shape index (κ1) is 15.5. The zero-order valence-corrected chi connectivity index (χ0v) is 13.3. The molecule has 0 aliphatic rings. The molecule has 0 amide bonds. The Kier molecular flexibility index (Phi) is 4.29. The highest BCUT2D eigenvalue weighted by molar-refractivity contribution is 9.10. The van der Waals surface area contributed by atoms with Gasteiger partial charge in [0.25, 0.3) is 10.0 Å². The zero-order valence-electron chi connectivity index (χ0n) is 10.9. The fraction of sp³-hybridized carbons (Fsp3) is 0.0769. The summed E-state index contributed by atoms with van der Waals surface area (Å²) in [5, 5.41) is 9.05. The van der Waals surface area contributed by atoms with Gasteiger partial charge in [0, 0.05) is 10.7 Å². The number of carboxylic acid groups (broad SMARTS) is 1. The summed E-state index contributed by atoms with van der Waals surface area (Å²) in [5.74, 6) is -1.48. The Morgan fingerprint density at radius 1 is 1.33 bits per heavy atom. The number of benzene rings is 1. The average molecular weight is 371 g/mol. The molecule has 6 nitrogen and oxygen atoms in total. The van der Waals surface area contributed by atoms with Crippen molar-refractivity contribution in [3.05, 3.63) is 52.1 Å².